The molecule has 2 aliphatic rings. The Kier molecular flexibility index (Phi) is 4.25. The molecule has 0 bridgehead atoms. The largest absolute Gasteiger partial charge is 0.317 e. The van der Waals surface area contributed by atoms with E-state index in [4.69, 9.17) is 0 Å². The maximum Gasteiger partial charge on any atom is 0.153 e. The molecule has 0 amide bonds. The highest BCUT2D eigenvalue weighted by atomic mass is 32.2. The van der Waals surface area contributed by atoms with E-state index in [2.05, 4.69) is 5.32 Å². The van der Waals surface area contributed by atoms with E-state index in [1.165, 1.54) is 12.8 Å². The van der Waals surface area contributed by atoms with Crippen LogP contribution in [0, 0.1) is 5.92 Å². The molecule has 1 saturated carbocycles. The van der Waals surface area contributed by atoms with Gasteiger partial charge in [-0.05, 0) is 51.1 Å². The Labute approximate surface area is 98.9 Å². The lowest BCUT2D eigenvalue weighted by Gasteiger charge is -2.17. The van der Waals surface area contributed by atoms with Crippen molar-refractivity contribution in [3.05, 3.63) is 0 Å². The van der Waals surface area contributed by atoms with Gasteiger partial charge in [0.2, 0.25) is 0 Å². The van der Waals surface area contributed by atoms with Gasteiger partial charge in [0, 0.05) is 0 Å². The smallest absolute Gasteiger partial charge is 0.153 e. The van der Waals surface area contributed by atoms with Crippen LogP contribution in [-0.2, 0) is 9.84 Å². The summed E-state index contributed by atoms with van der Waals surface area (Å²) >= 11 is 0. The van der Waals surface area contributed by atoms with Crippen molar-refractivity contribution >= 4 is 9.84 Å². The summed E-state index contributed by atoms with van der Waals surface area (Å²) in [7, 11) is -2.83. The van der Waals surface area contributed by atoms with Crippen LogP contribution in [0.4, 0.5) is 0 Å². The molecule has 1 N–H and O–H groups in total. The molecule has 1 heterocycles. The summed E-state index contributed by atoms with van der Waals surface area (Å²) in [6.45, 7) is 1.85. The van der Waals surface area contributed by atoms with E-state index in [1.54, 1.807) is 0 Å². The Morgan fingerprint density at radius 1 is 0.938 bits per heavy atom. The molecule has 0 aromatic carbocycles. The minimum atomic E-state index is -2.83. The molecule has 0 aromatic heterocycles. The molecule has 1 unspecified atom stereocenters. The van der Waals surface area contributed by atoms with Crippen molar-refractivity contribution in [3.8, 4) is 0 Å². The zero-order chi connectivity index (χ0) is 11.4. The Morgan fingerprint density at radius 3 is 2.44 bits per heavy atom. The molecule has 0 spiro atoms. The average Bonchev–Trinajstić information content (AvgIpc) is 2.56. The molecule has 2 fully saturated rings. The number of rotatable bonds is 3. The lowest BCUT2D eigenvalue weighted by atomic mass is 10.1. The van der Waals surface area contributed by atoms with Crippen LogP contribution in [0.3, 0.4) is 0 Å². The second-order valence-corrected chi connectivity index (χ2v) is 7.61. The summed E-state index contributed by atoms with van der Waals surface area (Å²) in [4.78, 5) is 0. The summed E-state index contributed by atoms with van der Waals surface area (Å²) in [6, 6.07) is 0. The van der Waals surface area contributed by atoms with E-state index in [9.17, 15) is 8.42 Å². The third-order valence-electron chi connectivity index (χ3n) is 3.97. The zero-order valence-corrected chi connectivity index (χ0v) is 10.8. The first kappa shape index (κ1) is 12.4. The van der Waals surface area contributed by atoms with E-state index < -0.39 is 9.84 Å². The molecule has 94 valence electrons. The molecule has 3 nitrogen and oxygen atoms in total. The summed E-state index contributed by atoms with van der Waals surface area (Å²) < 4.78 is 24.5. The van der Waals surface area contributed by atoms with Crippen LogP contribution in [0.1, 0.15) is 44.9 Å². The molecule has 16 heavy (non-hydrogen) atoms. The normalized spacial score (nSPS) is 29.1. The van der Waals surface area contributed by atoms with Gasteiger partial charge in [0.1, 0.15) is 0 Å². The van der Waals surface area contributed by atoms with Crippen molar-refractivity contribution < 1.29 is 8.42 Å². The molecule has 1 aliphatic heterocycles. The third kappa shape index (κ3) is 3.20. The molecule has 2 rings (SSSR count). The van der Waals surface area contributed by atoms with E-state index in [-0.39, 0.29) is 5.25 Å². The van der Waals surface area contributed by atoms with Gasteiger partial charge in [-0.3, -0.25) is 0 Å². The van der Waals surface area contributed by atoms with Gasteiger partial charge in [-0.25, -0.2) is 8.42 Å². The van der Waals surface area contributed by atoms with Crippen LogP contribution in [0.15, 0.2) is 0 Å². The fourth-order valence-corrected chi connectivity index (χ4v) is 5.25. The van der Waals surface area contributed by atoms with Crippen LogP contribution in [0.2, 0.25) is 0 Å². The van der Waals surface area contributed by atoms with Crippen LogP contribution >= 0.6 is 0 Å². The average molecular weight is 245 g/mol. The molecule has 1 saturated heterocycles. The highest BCUT2D eigenvalue weighted by molar-refractivity contribution is 7.92. The van der Waals surface area contributed by atoms with Gasteiger partial charge in [0.05, 0.1) is 11.0 Å². The van der Waals surface area contributed by atoms with Crippen molar-refractivity contribution in [2.45, 2.75) is 50.2 Å². The fraction of sp³-hybridized carbons (Fsp3) is 1.00. The summed E-state index contributed by atoms with van der Waals surface area (Å²) in [6.07, 6.45) is 7.40. The molecule has 1 aliphatic carbocycles. The van der Waals surface area contributed by atoms with Gasteiger partial charge >= 0.3 is 0 Å². The first-order chi connectivity index (χ1) is 7.68. The Morgan fingerprint density at radius 2 is 1.69 bits per heavy atom. The first-order valence-electron chi connectivity index (χ1n) is 6.61. The topological polar surface area (TPSA) is 46.2 Å². The number of sulfone groups is 1. The molecular weight excluding hydrogens is 222 g/mol. The molecular formula is C12H23NO2S. The Bertz CT molecular complexity index is 299. The number of hydrogen-bond acceptors (Lipinski definition) is 3. The van der Waals surface area contributed by atoms with Gasteiger partial charge in [-0.1, -0.05) is 12.8 Å². The predicted molar refractivity (Wildman–Crippen MR) is 66.3 cm³/mol. The Hall–Kier alpha value is -0.0900. The summed E-state index contributed by atoms with van der Waals surface area (Å²) in [5.41, 5.74) is 0. The van der Waals surface area contributed by atoms with E-state index in [1.807, 2.05) is 0 Å². The summed E-state index contributed by atoms with van der Waals surface area (Å²) in [5, 5.41) is 3.21. The van der Waals surface area contributed by atoms with Crippen molar-refractivity contribution in [2.75, 3.05) is 18.8 Å². The van der Waals surface area contributed by atoms with Gasteiger partial charge in [-0.2, -0.15) is 0 Å². The first-order valence-corrected chi connectivity index (χ1v) is 8.32. The van der Waals surface area contributed by atoms with Crippen LogP contribution < -0.4 is 5.32 Å². The molecule has 0 aromatic rings. The monoisotopic (exact) mass is 245 g/mol. The Balaban J connectivity index is 1.93. The summed E-state index contributed by atoms with van der Waals surface area (Å²) in [5.74, 6) is 0.915. The highest BCUT2D eigenvalue weighted by Crippen LogP contribution is 2.28. The third-order valence-corrected chi connectivity index (χ3v) is 6.40. The SMILES string of the molecule is O=S(=O)(CC1CCCC1)C1CCCNCC1. The van der Waals surface area contributed by atoms with Gasteiger partial charge < -0.3 is 5.32 Å². The molecule has 4 heteroatoms. The van der Waals surface area contributed by atoms with Gasteiger partial charge in [0.25, 0.3) is 0 Å². The minimum absolute atomic E-state index is 0.0666. The standard InChI is InChI=1S/C12H23NO2S/c14-16(15,10-11-4-1-2-5-11)12-6-3-8-13-9-7-12/h11-13H,1-10H2. The van der Waals surface area contributed by atoms with Crippen LogP contribution in [0.5, 0.6) is 0 Å². The van der Waals surface area contributed by atoms with Crippen molar-refractivity contribution in [1.82, 2.24) is 5.32 Å². The second kappa shape index (κ2) is 5.50. The van der Waals surface area contributed by atoms with Gasteiger partial charge in [-0.15, -0.1) is 0 Å². The molecule has 0 radical (unpaired) electrons. The quantitative estimate of drug-likeness (QED) is 0.823. The number of nitrogens with one attached hydrogen (secondary N) is 1. The number of hydrogen-bond donors (Lipinski definition) is 1. The van der Waals surface area contributed by atoms with Crippen molar-refractivity contribution in [3.63, 3.8) is 0 Å². The lowest BCUT2D eigenvalue weighted by molar-refractivity contribution is 0.537. The van der Waals surface area contributed by atoms with Crippen molar-refractivity contribution in [2.24, 2.45) is 5.92 Å². The second-order valence-electron chi connectivity index (χ2n) is 5.28. The minimum Gasteiger partial charge on any atom is -0.317 e. The van der Waals surface area contributed by atoms with Gasteiger partial charge in [0.15, 0.2) is 9.84 Å². The van der Waals surface area contributed by atoms with Crippen LogP contribution in [-0.4, -0.2) is 32.5 Å². The van der Waals surface area contributed by atoms with E-state index in [0.29, 0.717) is 11.7 Å². The zero-order valence-electron chi connectivity index (χ0n) is 9.95. The lowest BCUT2D eigenvalue weighted by Crippen LogP contribution is -2.28. The van der Waals surface area contributed by atoms with Crippen LogP contribution in [0.25, 0.3) is 0 Å². The maximum atomic E-state index is 12.3. The van der Waals surface area contributed by atoms with Crippen molar-refractivity contribution in [1.29, 1.82) is 0 Å². The predicted octanol–water partition coefficient (Wildman–Crippen LogP) is 1.73. The van der Waals surface area contributed by atoms with E-state index in [0.717, 1.165) is 45.2 Å². The van der Waals surface area contributed by atoms with E-state index >= 15 is 0 Å². The molecule has 1 atom stereocenters. The highest BCUT2D eigenvalue weighted by Gasteiger charge is 2.30. The maximum absolute atomic E-state index is 12.3. The fourth-order valence-electron chi connectivity index (χ4n) is 2.99.